The molecule has 2 aromatic rings. The molecule has 5 heteroatoms. The van der Waals surface area contributed by atoms with Crippen LogP contribution in [-0.4, -0.2) is 16.0 Å². The lowest BCUT2D eigenvalue weighted by molar-refractivity contribution is 0.0946. The van der Waals surface area contributed by atoms with Crippen LogP contribution in [-0.2, 0) is 19.4 Å². The predicted molar refractivity (Wildman–Crippen MR) is 83.0 cm³/mol. The number of amides is 1. The Labute approximate surface area is 128 Å². The van der Waals surface area contributed by atoms with Crippen LogP contribution in [0.5, 0.6) is 5.75 Å². The molecule has 114 valence electrons. The zero-order valence-corrected chi connectivity index (χ0v) is 12.2. The zero-order valence-electron chi connectivity index (χ0n) is 12.2. The van der Waals surface area contributed by atoms with Gasteiger partial charge in [0.05, 0.1) is 0 Å². The number of hydrogen-bond acceptors (Lipinski definition) is 3. The van der Waals surface area contributed by atoms with Crippen LogP contribution >= 0.6 is 0 Å². The first-order chi connectivity index (χ1) is 10.7. The summed E-state index contributed by atoms with van der Waals surface area (Å²) in [6.45, 7) is 0.315. The largest absolute Gasteiger partial charge is 0.507 e. The molecule has 1 aliphatic carbocycles. The van der Waals surface area contributed by atoms with Crippen molar-refractivity contribution in [3.8, 4) is 5.75 Å². The molecule has 0 saturated heterocycles. The summed E-state index contributed by atoms with van der Waals surface area (Å²) < 4.78 is 0. The minimum absolute atomic E-state index is 0.163. The van der Waals surface area contributed by atoms with Gasteiger partial charge in [0.25, 0.3) is 11.5 Å². The van der Waals surface area contributed by atoms with Crippen molar-refractivity contribution in [3.05, 3.63) is 63.1 Å². The Balaban J connectivity index is 1.85. The van der Waals surface area contributed by atoms with Crippen molar-refractivity contribution in [1.29, 1.82) is 0 Å². The minimum atomic E-state index is -0.545. The van der Waals surface area contributed by atoms with Crippen molar-refractivity contribution < 1.29 is 9.90 Å². The molecule has 1 aromatic carbocycles. The summed E-state index contributed by atoms with van der Waals surface area (Å²) in [7, 11) is 0. The monoisotopic (exact) mass is 298 g/mol. The fraction of sp³-hybridized carbons (Fsp3) is 0.294. The van der Waals surface area contributed by atoms with Crippen LogP contribution in [0.2, 0.25) is 0 Å². The van der Waals surface area contributed by atoms with Crippen molar-refractivity contribution in [2.45, 2.75) is 32.2 Å². The Kier molecular flexibility index (Phi) is 3.96. The van der Waals surface area contributed by atoms with E-state index in [1.54, 1.807) is 0 Å². The summed E-state index contributed by atoms with van der Waals surface area (Å²) in [5.74, 6) is -0.708. The van der Waals surface area contributed by atoms with Crippen LogP contribution in [0.1, 0.15) is 40.0 Å². The van der Waals surface area contributed by atoms with E-state index in [0.717, 1.165) is 30.5 Å². The van der Waals surface area contributed by atoms with Gasteiger partial charge in [0, 0.05) is 17.8 Å². The summed E-state index contributed by atoms with van der Waals surface area (Å²) in [6.07, 6.45) is 3.38. The van der Waals surface area contributed by atoms with Crippen LogP contribution in [0.3, 0.4) is 0 Å². The lowest BCUT2D eigenvalue weighted by Crippen LogP contribution is -2.31. The maximum Gasteiger partial charge on any atom is 0.264 e. The third-order valence-corrected chi connectivity index (χ3v) is 4.00. The predicted octanol–water partition coefficient (Wildman–Crippen LogP) is 1.89. The van der Waals surface area contributed by atoms with Crippen molar-refractivity contribution in [2.24, 2.45) is 0 Å². The molecule has 1 aliphatic rings. The Hall–Kier alpha value is -2.56. The number of fused-ring (bicyclic) bond motifs is 1. The number of benzene rings is 1. The molecular weight excluding hydrogens is 280 g/mol. The Morgan fingerprint density at radius 1 is 1.18 bits per heavy atom. The molecule has 22 heavy (non-hydrogen) atoms. The molecule has 0 aliphatic heterocycles. The van der Waals surface area contributed by atoms with E-state index in [4.69, 9.17) is 0 Å². The number of H-pyrrole nitrogens is 1. The van der Waals surface area contributed by atoms with Crippen molar-refractivity contribution in [3.63, 3.8) is 0 Å². The molecule has 0 saturated carbocycles. The Morgan fingerprint density at radius 2 is 1.91 bits per heavy atom. The number of aryl methyl sites for hydroxylation is 1. The van der Waals surface area contributed by atoms with Crippen LogP contribution in [0.25, 0.3) is 0 Å². The smallest absolute Gasteiger partial charge is 0.264 e. The number of hydrogen-bond donors (Lipinski definition) is 3. The quantitative estimate of drug-likeness (QED) is 0.809. The number of carbonyl (C=O) groups excluding carboxylic acids is 1. The summed E-state index contributed by atoms with van der Waals surface area (Å²) in [5.41, 5.74) is 1.69. The third-order valence-electron chi connectivity index (χ3n) is 4.00. The van der Waals surface area contributed by atoms with Crippen LogP contribution in [0.15, 0.2) is 35.1 Å². The van der Waals surface area contributed by atoms with Gasteiger partial charge in [-0.05, 0) is 31.2 Å². The normalized spacial score (nSPS) is 13.5. The first-order valence-corrected chi connectivity index (χ1v) is 7.46. The van der Waals surface area contributed by atoms with E-state index >= 15 is 0 Å². The highest BCUT2D eigenvalue weighted by Gasteiger charge is 2.23. The molecule has 0 atom stereocenters. The van der Waals surface area contributed by atoms with Gasteiger partial charge in [0.2, 0.25) is 0 Å². The number of rotatable bonds is 3. The molecule has 3 N–H and O–H groups in total. The topological polar surface area (TPSA) is 82.2 Å². The molecule has 1 amide bonds. The van der Waals surface area contributed by atoms with Crippen LogP contribution in [0.4, 0.5) is 0 Å². The molecule has 5 nitrogen and oxygen atoms in total. The minimum Gasteiger partial charge on any atom is -0.507 e. The van der Waals surface area contributed by atoms with Gasteiger partial charge >= 0.3 is 0 Å². The molecule has 0 fully saturated rings. The summed E-state index contributed by atoms with van der Waals surface area (Å²) in [4.78, 5) is 27.1. The first kappa shape index (κ1) is 14.4. The van der Waals surface area contributed by atoms with Crippen molar-refractivity contribution in [2.75, 3.05) is 0 Å². The number of aromatic hydroxyl groups is 1. The summed E-state index contributed by atoms with van der Waals surface area (Å²) in [6, 6.07) is 9.43. The number of carbonyl (C=O) groups is 1. The second-order valence-corrected chi connectivity index (χ2v) is 5.51. The average molecular weight is 298 g/mol. The van der Waals surface area contributed by atoms with E-state index in [1.165, 1.54) is 0 Å². The van der Waals surface area contributed by atoms with Crippen LogP contribution < -0.4 is 10.9 Å². The number of aromatic nitrogens is 1. The number of nitrogens with one attached hydrogen (secondary N) is 2. The van der Waals surface area contributed by atoms with E-state index in [-0.39, 0.29) is 11.3 Å². The maximum absolute atomic E-state index is 12.3. The zero-order chi connectivity index (χ0) is 15.5. The number of pyridine rings is 1. The standard InChI is InChI=1S/C17H18N2O3/c20-15-12-8-4-5-9-13(12)19-17(22)14(15)16(21)18-10-11-6-2-1-3-7-11/h1-3,6-7H,4-5,8-10H2,(H,18,21)(H2,19,20,22). The molecule has 0 bridgehead atoms. The number of aromatic amines is 1. The average Bonchev–Trinajstić information content (AvgIpc) is 2.54. The third kappa shape index (κ3) is 2.74. The van der Waals surface area contributed by atoms with E-state index in [2.05, 4.69) is 10.3 Å². The summed E-state index contributed by atoms with van der Waals surface area (Å²) in [5, 5.41) is 13.0. The van der Waals surface area contributed by atoms with Crippen LogP contribution in [0, 0.1) is 0 Å². The molecular formula is C17H18N2O3. The molecule has 0 radical (unpaired) electrons. The second kappa shape index (κ2) is 6.05. The Morgan fingerprint density at radius 3 is 2.68 bits per heavy atom. The molecule has 3 rings (SSSR count). The lowest BCUT2D eigenvalue weighted by Gasteiger charge is -2.18. The van der Waals surface area contributed by atoms with Gasteiger partial charge in [0.1, 0.15) is 11.3 Å². The molecule has 0 unspecified atom stereocenters. The highest BCUT2D eigenvalue weighted by atomic mass is 16.3. The van der Waals surface area contributed by atoms with Gasteiger partial charge in [-0.2, -0.15) is 0 Å². The Bertz CT molecular complexity index is 750. The fourth-order valence-electron chi connectivity index (χ4n) is 2.84. The van der Waals surface area contributed by atoms with Crippen molar-refractivity contribution in [1.82, 2.24) is 10.3 Å². The second-order valence-electron chi connectivity index (χ2n) is 5.51. The summed E-state index contributed by atoms with van der Waals surface area (Å²) >= 11 is 0. The van der Waals surface area contributed by atoms with Gasteiger partial charge < -0.3 is 15.4 Å². The van der Waals surface area contributed by atoms with Gasteiger partial charge in [-0.3, -0.25) is 9.59 Å². The SMILES string of the molecule is O=C(NCc1ccccc1)c1c(O)c2c([nH]c1=O)CCCC2. The van der Waals surface area contributed by atoms with Gasteiger partial charge in [0.15, 0.2) is 0 Å². The molecule has 1 heterocycles. The van der Waals surface area contributed by atoms with E-state index in [1.807, 2.05) is 30.3 Å². The van der Waals surface area contributed by atoms with Gasteiger partial charge in [-0.25, -0.2) is 0 Å². The van der Waals surface area contributed by atoms with Gasteiger partial charge in [-0.15, -0.1) is 0 Å². The highest BCUT2D eigenvalue weighted by Crippen LogP contribution is 2.28. The van der Waals surface area contributed by atoms with Crippen molar-refractivity contribution >= 4 is 5.91 Å². The van der Waals surface area contributed by atoms with E-state index in [0.29, 0.717) is 18.5 Å². The fourth-order valence-corrected chi connectivity index (χ4v) is 2.84. The molecule has 0 spiro atoms. The molecule has 1 aromatic heterocycles. The van der Waals surface area contributed by atoms with E-state index in [9.17, 15) is 14.7 Å². The first-order valence-electron chi connectivity index (χ1n) is 7.46. The highest BCUT2D eigenvalue weighted by molar-refractivity contribution is 5.96. The van der Waals surface area contributed by atoms with E-state index < -0.39 is 11.5 Å². The maximum atomic E-state index is 12.3. The lowest BCUT2D eigenvalue weighted by atomic mass is 9.93. The van der Waals surface area contributed by atoms with Gasteiger partial charge in [-0.1, -0.05) is 30.3 Å².